The summed E-state index contributed by atoms with van der Waals surface area (Å²) in [6, 6.07) is 9.64. The lowest BCUT2D eigenvalue weighted by Crippen LogP contribution is -2.47. The third-order valence-corrected chi connectivity index (χ3v) is 6.75. The van der Waals surface area contributed by atoms with Crippen molar-refractivity contribution in [1.29, 1.82) is 5.26 Å². The molecule has 0 saturated heterocycles. The van der Waals surface area contributed by atoms with Gasteiger partial charge in [0.2, 0.25) is 11.7 Å². The van der Waals surface area contributed by atoms with E-state index >= 15 is 0 Å². The van der Waals surface area contributed by atoms with E-state index < -0.39 is 5.54 Å². The number of carbonyl (C=O) groups excluding carboxylic acids is 1. The fourth-order valence-electron chi connectivity index (χ4n) is 3.89. The molecule has 1 N–H and O–H groups in total. The largest absolute Gasteiger partial charge is 0.337 e. The molecule has 1 atom stereocenters. The number of aryl methyl sites for hydroxylation is 1. The molecule has 8 nitrogen and oxygen atoms in total. The van der Waals surface area contributed by atoms with Gasteiger partial charge in [-0.05, 0) is 44.2 Å². The van der Waals surface area contributed by atoms with Gasteiger partial charge in [-0.3, -0.25) is 18.6 Å². The van der Waals surface area contributed by atoms with E-state index in [4.69, 9.17) is 0 Å². The van der Waals surface area contributed by atoms with Crippen molar-refractivity contribution in [3.8, 4) is 6.07 Å². The predicted molar refractivity (Wildman–Crippen MR) is 120 cm³/mol. The van der Waals surface area contributed by atoms with E-state index in [1.165, 1.54) is 11.8 Å². The van der Waals surface area contributed by atoms with Gasteiger partial charge in [0.1, 0.15) is 5.54 Å². The number of para-hydroxylation sites is 1. The molecule has 0 aliphatic heterocycles. The van der Waals surface area contributed by atoms with Crippen LogP contribution in [0.15, 0.2) is 34.2 Å². The Balaban J connectivity index is 1.64. The molecule has 9 heteroatoms. The Hall–Kier alpha value is -2.86. The van der Waals surface area contributed by atoms with Crippen molar-refractivity contribution in [2.45, 2.75) is 63.2 Å². The van der Waals surface area contributed by atoms with E-state index in [1.807, 2.05) is 28.7 Å². The van der Waals surface area contributed by atoms with Crippen LogP contribution in [0.5, 0.6) is 0 Å². The van der Waals surface area contributed by atoms with Gasteiger partial charge >= 0.3 is 0 Å². The summed E-state index contributed by atoms with van der Waals surface area (Å²) in [4.78, 5) is 25.6. The fourth-order valence-corrected chi connectivity index (χ4v) is 4.63. The molecular formula is C22H26N6O2S. The van der Waals surface area contributed by atoms with E-state index in [0.717, 1.165) is 37.6 Å². The van der Waals surface area contributed by atoms with Crippen molar-refractivity contribution < 1.29 is 4.79 Å². The quantitative estimate of drug-likeness (QED) is 0.406. The molecular weight excluding hydrogens is 412 g/mol. The molecule has 1 unspecified atom stereocenters. The minimum Gasteiger partial charge on any atom is -0.337 e. The SMILES string of the molecule is CCCCCn1c(=O)c2ccccc2n2c(SCC(=O)NC(C)(C#N)C3CC3)nnc12. The summed E-state index contributed by atoms with van der Waals surface area (Å²) in [7, 11) is 0. The highest BCUT2D eigenvalue weighted by atomic mass is 32.2. The molecule has 1 aliphatic rings. The Morgan fingerprint density at radius 3 is 2.81 bits per heavy atom. The number of nitriles is 1. The number of thioether (sulfide) groups is 1. The average molecular weight is 439 g/mol. The van der Waals surface area contributed by atoms with Crippen LogP contribution in [-0.4, -0.2) is 36.4 Å². The van der Waals surface area contributed by atoms with E-state index in [0.29, 0.717) is 22.9 Å². The van der Waals surface area contributed by atoms with Crippen LogP contribution in [-0.2, 0) is 11.3 Å². The second kappa shape index (κ2) is 8.71. The Kier molecular flexibility index (Phi) is 6.01. The Morgan fingerprint density at radius 1 is 1.32 bits per heavy atom. The highest BCUT2D eigenvalue weighted by molar-refractivity contribution is 7.99. The number of aromatic nitrogens is 4. The molecule has 1 fully saturated rings. The van der Waals surface area contributed by atoms with Gasteiger partial charge in [-0.25, -0.2) is 0 Å². The van der Waals surface area contributed by atoms with Crippen molar-refractivity contribution in [2.24, 2.45) is 5.92 Å². The second-order valence-corrected chi connectivity index (χ2v) is 9.17. The summed E-state index contributed by atoms with van der Waals surface area (Å²) < 4.78 is 3.53. The predicted octanol–water partition coefficient (Wildman–Crippen LogP) is 3.13. The van der Waals surface area contributed by atoms with Crippen molar-refractivity contribution >= 4 is 34.3 Å². The lowest BCUT2D eigenvalue weighted by molar-refractivity contribution is -0.119. The summed E-state index contributed by atoms with van der Waals surface area (Å²) in [5.74, 6) is 0.622. The summed E-state index contributed by atoms with van der Waals surface area (Å²) in [6.07, 6.45) is 4.90. The standard InChI is InChI=1S/C22H26N6O2S/c1-3-4-7-12-27-19(30)16-8-5-6-9-17(16)28-20(27)25-26-21(28)31-13-18(29)24-22(2,14-23)15-10-11-15/h5-6,8-9,15H,3-4,7,10-13H2,1-2H3,(H,24,29). The van der Waals surface area contributed by atoms with Gasteiger partial charge in [0.05, 0.1) is 22.7 Å². The van der Waals surface area contributed by atoms with Crippen LogP contribution in [0.1, 0.15) is 46.0 Å². The zero-order chi connectivity index (χ0) is 22.0. The number of hydrogen-bond donors (Lipinski definition) is 1. The maximum Gasteiger partial charge on any atom is 0.262 e. The van der Waals surface area contributed by atoms with Crippen molar-refractivity contribution in [3.05, 3.63) is 34.6 Å². The molecule has 1 aromatic carbocycles. The molecule has 2 aromatic heterocycles. The second-order valence-electron chi connectivity index (χ2n) is 8.22. The molecule has 162 valence electrons. The first kappa shape index (κ1) is 21.4. The first-order valence-corrected chi connectivity index (χ1v) is 11.7. The molecule has 0 spiro atoms. The van der Waals surface area contributed by atoms with Gasteiger partial charge in [0.25, 0.3) is 5.56 Å². The van der Waals surface area contributed by atoms with Gasteiger partial charge < -0.3 is 5.32 Å². The van der Waals surface area contributed by atoms with E-state index in [2.05, 4.69) is 28.5 Å². The van der Waals surface area contributed by atoms with Crippen LogP contribution in [0, 0.1) is 17.2 Å². The molecule has 2 heterocycles. The number of rotatable bonds is 9. The number of nitrogens with zero attached hydrogens (tertiary/aromatic N) is 5. The number of amides is 1. The van der Waals surface area contributed by atoms with Crippen LogP contribution in [0.2, 0.25) is 0 Å². The molecule has 4 rings (SSSR count). The molecule has 1 aliphatic carbocycles. The highest BCUT2D eigenvalue weighted by Gasteiger charge is 2.43. The third kappa shape index (κ3) is 4.17. The van der Waals surface area contributed by atoms with Crippen LogP contribution in [0.25, 0.3) is 16.7 Å². The lowest BCUT2D eigenvalue weighted by Gasteiger charge is -2.22. The minimum atomic E-state index is -0.822. The first-order valence-electron chi connectivity index (χ1n) is 10.7. The number of benzene rings is 1. The molecule has 31 heavy (non-hydrogen) atoms. The number of nitrogens with one attached hydrogen (secondary N) is 1. The average Bonchev–Trinajstić information content (AvgIpc) is 3.55. The molecule has 0 radical (unpaired) electrons. The fraction of sp³-hybridized carbons (Fsp3) is 0.500. The van der Waals surface area contributed by atoms with Crippen molar-refractivity contribution in [3.63, 3.8) is 0 Å². The highest BCUT2D eigenvalue weighted by Crippen LogP contribution is 2.39. The molecule has 0 bridgehead atoms. The zero-order valence-electron chi connectivity index (χ0n) is 17.8. The van der Waals surface area contributed by atoms with Crippen LogP contribution in [0.4, 0.5) is 0 Å². The van der Waals surface area contributed by atoms with Crippen LogP contribution < -0.4 is 10.9 Å². The summed E-state index contributed by atoms with van der Waals surface area (Å²) >= 11 is 1.26. The summed E-state index contributed by atoms with van der Waals surface area (Å²) in [5.41, 5.74) is -0.172. The Bertz CT molecular complexity index is 1220. The van der Waals surface area contributed by atoms with E-state index in [9.17, 15) is 14.9 Å². The first-order chi connectivity index (χ1) is 15.0. The lowest BCUT2D eigenvalue weighted by atomic mass is 9.98. The van der Waals surface area contributed by atoms with Gasteiger partial charge in [-0.2, -0.15) is 5.26 Å². The maximum atomic E-state index is 13.1. The van der Waals surface area contributed by atoms with Gasteiger partial charge in [-0.1, -0.05) is 43.7 Å². The number of fused-ring (bicyclic) bond motifs is 3. The van der Waals surface area contributed by atoms with Gasteiger partial charge in [0.15, 0.2) is 5.16 Å². The number of hydrogen-bond acceptors (Lipinski definition) is 6. The van der Waals surface area contributed by atoms with Gasteiger partial charge in [0, 0.05) is 6.54 Å². The van der Waals surface area contributed by atoms with E-state index in [-0.39, 0.29) is 23.1 Å². The third-order valence-electron chi connectivity index (χ3n) is 5.82. The molecule has 1 saturated carbocycles. The van der Waals surface area contributed by atoms with Crippen molar-refractivity contribution in [1.82, 2.24) is 24.5 Å². The van der Waals surface area contributed by atoms with Gasteiger partial charge in [-0.15, -0.1) is 10.2 Å². The number of unbranched alkanes of at least 4 members (excludes halogenated alkanes) is 2. The smallest absolute Gasteiger partial charge is 0.262 e. The molecule has 3 aromatic rings. The maximum absolute atomic E-state index is 13.1. The molecule has 1 amide bonds. The zero-order valence-corrected chi connectivity index (χ0v) is 18.6. The topological polar surface area (TPSA) is 105 Å². The minimum absolute atomic E-state index is 0.0740. The Morgan fingerprint density at radius 2 is 2.10 bits per heavy atom. The Labute approximate surface area is 184 Å². The summed E-state index contributed by atoms with van der Waals surface area (Å²) in [5, 5.41) is 22.1. The monoisotopic (exact) mass is 438 g/mol. The van der Waals surface area contributed by atoms with Crippen LogP contribution in [0.3, 0.4) is 0 Å². The van der Waals surface area contributed by atoms with Crippen LogP contribution >= 0.6 is 11.8 Å². The normalized spacial score (nSPS) is 15.6. The summed E-state index contributed by atoms with van der Waals surface area (Å²) in [6.45, 7) is 4.48. The van der Waals surface area contributed by atoms with Crippen molar-refractivity contribution in [2.75, 3.05) is 5.75 Å². The number of carbonyl (C=O) groups is 1. The van der Waals surface area contributed by atoms with E-state index in [1.54, 1.807) is 11.5 Å².